The number of hydrogen-bond donors (Lipinski definition) is 1. The molecule has 1 aliphatic carbocycles. The molecule has 1 aromatic rings. The molecule has 1 saturated carbocycles. The Bertz CT molecular complexity index is 782. The molecule has 1 atom stereocenters. The van der Waals surface area contributed by atoms with Crippen LogP contribution in [0, 0.1) is 17.8 Å². The first kappa shape index (κ1) is 14.3. The van der Waals surface area contributed by atoms with E-state index < -0.39 is 24.9 Å². The first-order valence-corrected chi connectivity index (χ1v) is 9.21. The van der Waals surface area contributed by atoms with E-state index >= 15 is 0 Å². The molecule has 4 nitrogen and oxygen atoms in total. The van der Waals surface area contributed by atoms with Gasteiger partial charge in [0.25, 0.3) is 0 Å². The monoisotopic (exact) mass is 362 g/mol. The summed E-state index contributed by atoms with van der Waals surface area (Å²) in [6.45, 7) is -3.89. The number of hydrogen-bond acceptors (Lipinski definition) is 4. The molecule has 0 bridgehead atoms. The summed E-state index contributed by atoms with van der Waals surface area (Å²) in [5.74, 6) is 4.33. The Labute approximate surface area is 164 Å². The van der Waals surface area contributed by atoms with Gasteiger partial charge in [-0.2, -0.15) is 0 Å². The molecule has 0 amide bonds. The molecule has 142 valence electrons. The fourth-order valence-electron chi connectivity index (χ4n) is 3.38. The van der Waals surface area contributed by atoms with Crippen LogP contribution in [0.5, 0.6) is 0 Å². The number of benzene rings is 1. The average molecular weight is 363 g/mol. The van der Waals surface area contributed by atoms with Crippen LogP contribution < -0.4 is 0 Å². The summed E-state index contributed by atoms with van der Waals surface area (Å²) in [7, 11) is 0. The van der Waals surface area contributed by atoms with Gasteiger partial charge in [0, 0.05) is 12.8 Å². The molecule has 2 rings (SSSR count). The van der Waals surface area contributed by atoms with Crippen LogP contribution in [0.25, 0.3) is 0 Å². The fourth-order valence-corrected chi connectivity index (χ4v) is 3.38. The summed E-state index contributed by atoms with van der Waals surface area (Å²) >= 11 is 0. The molecule has 0 unspecified atom stereocenters. The lowest BCUT2D eigenvalue weighted by Gasteiger charge is -2.36. The zero-order valence-electron chi connectivity index (χ0n) is 20.3. The third-order valence-electron chi connectivity index (χ3n) is 4.93. The topological polar surface area (TPSA) is 49.8 Å². The van der Waals surface area contributed by atoms with E-state index in [9.17, 15) is 9.90 Å². The minimum absolute atomic E-state index is 0.120. The van der Waals surface area contributed by atoms with E-state index in [1.807, 2.05) is 6.07 Å². The highest BCUT2D eigenvalue weighted by Crippen LogP contribution is 2.40. The third kappa shape index (κ3) is 5.09. The lowest BCUT2D eigenvalue weighted by atomic mass is 9.73. The van der Waals surface area contributed by atoms with Crippen molar-refractivity contribution < 1.29 is 21.5 Å². The van der Waals surface area contributed by atoms with Crippen LogP contribution >= 0.6 is 0 Å². The second-order valence-electron chi connectivity index (χ2n) is 6.52. The normalized spacial score (nSPS) is 21.1. The van der Waals surface area contributed by atoms with Crippen LogP contribution in [-0.2, 0) is 15.1 Å². The van der Waals surface area contributed by atoms with Gasteiger partial charge < -0.3 is 9.84 Å². The molecule has 0 radical (unpaired) electrons. The van der Waals surface area contributed by atoms with Crippen molar-refractivity contribution in [1.29, 1.82) is 0 Å². The van der Waals surface area contributed by atoms with Gasteiger partial charge in [0.05, 0.1) is 6.54 Å². The second-order valence-corrected chi connectivity index (χ2v) is 6.52. The SMILES string of the molecule is [2H]C([2H])([2H])C([2H])([2H])N(CC)CC#CCOC(=O)[C@](O)(c1ccccc1)C1CCCCC1. The van der Waals surface area contributed by atoms with E-state index in [1.165, 1.54) is 0 Å². The summed E-state index contributed by atoms with van der Waals surface area (Å²) in [6, 6.07) is 8.80. The number of esters is 1. The van der Waals surface area contributed by atoms with Gasteiger partial charge in [0.15, 0.2) is 12.2 Å². The molecule has 0 saturated heterocycles. The van der Waals surface area contributed by atoms with E-state index in [0.717, 1.165) is 37.0 Å². The molecule has 1 N–H and O–H groups in total. The Kier molecular flexibility index (Phi) is 5.68. The van der Waals surface area contributed by atoms with Crippen molar-refractivity contribution in [3.05, 3.63) is 35.9 Å². The molecule has 1 aliphatic rings. The predicted molar refractivity (Wildman–Crippen MR) is 103 cm³/mol. The van der Waals surface area contributed by atoms with Crippen LogP contribution in [0.3, 0.4) is 0 Å². The van der Waals surface area contributed by atoms with Gasteiger partial charge in [0.2, 0.25) is 0 Å². The molecule has 0 spiro atoms. The average Bonchev–Trinajstić information content (AvgIpc) is 2.75. The van der Waals surface area contributed by atoms with Gasteiger partial charge in [-0.25, -0.2) is 4.79 Å². The van der Waals surface area contributed by atoms with Crippen LogP contribution in [0.2, 0.25) is 0 Å². The Morgan fingerprint density at radius 1 is 1.35 bits per heavy atom. The molecule has 1 fully saturated rings. The second kappa shape index (κ2) is 10.4. The Morgan fingerprint density at radius 2 is 2.08 bits per heavy atom. The van der Waals surface area contributed by atoms with Gasteiger partial charge >= 0.3 is 5.97 Å². The molecule has 0 aliphatic heterocycles. The number of carbonyl (C=O) groups is 1. The largest absolute Gasteiger partial charge is 0.450 e. The zero-order valence-corrected chi connectivity index (χ0v) is 15.3. The van der Waals surface area contributed by atoms with Crippen molar-refractivity contribution in [3.63, 3.8) is 0 Å². The fraction of sp³-hybridized carbons (Fsp3) is 0.591. The zero-order chi connectivity index (χ0) is 23.1. The van der Waals surface area contributed by atoms with Gasteiger partial charge in [-0.3, -0.25) is 4.90 Å². The van der Waals surface area contributed by atoms with Crippen molar-refractivity contribution in [2.45, 2.75) is 51.5 Å². The number of nitrogens with zero attached hydrogens (tertiary/aromatic N) is 1. The number of rotatable bonds is 7. The molecule has 0 heterocycles. The van der Waals surface area contributed by atoms with E-state index in [0.29, 0.717) is 5.56 Å². The maximum Gasteiger partial charge on any atom is 0.344 e. The highest BCUT2D eigenvalue weighted by molar-refractivity contribution is 5.81. The van der Waals surface area contributed by atoms with Crippen molar-refractivity contribution in [3.8, 4) is 11.8 Å². The van der Waals surface area contributed by atoms with E-state index in [-0.39, 0.29) is 25.6 Å². The summed E-state index contributed by atoms with van der Waals surface area (Å²) in [4.78, 5) is 14.0. The quantitative estimate of drug-likeness (QED) is 0.597. The van der Waals surface area contributed by atoms with Crippen LogP contribution in [0.4, 0.5) is 0 Å². The Morgan fingerprint density at radius 3 is 2.73 bits per heavy atom. The molecule has 0 aromatic heterocycles. The number of carbonyl (C=O) groups excluding carboxylic acids is 1. The predicted octanol–water partition coefficient (Wildman–Crippen LogP) is 3.34. The van der Waals surface area contributed by atoms with Gasteiger partial charge in [-0.05, 0) is 31.4 Å². The summed E-state index contributed by atoms with van der Waals surface area (Å²) in [5, 5.41) is 11.4. The van der Waals surface area contributed by atoms with E-state index in [1.54, 1.807) is 31.2 Å². The Hall–Kier alpha value is -1.83. The van der Waals surface area contributed by atoms with Gasteiger partial charge in [-0.1, -0.05) is 75.2 Å². The van der Waals surface area contributed by atoms with Crippen molar-refractivity contribution in [2.24, 2.45) is 5.92 Å². The van der Waals surface area contributed by atoms with Crippen LogP contribution in [0.15, 0.2) is 30.3 Å². The van der Waals surface area contributed by atoms with E-state index in [2.05, 4.69) is 11.8 Å². The van der Waals surface area contributed by atoms with Gasteiger partial charge in [-0.15, -0.1) is 0 Å². The van der Waals surface area contributed by atoms with Gasteiger partial charge in [0.1, 0.15) is 0 Å². The minimum Gasteiger partial charge on any atom is -0.450 e. The van der Waals surface area contributed by atoms with E-state index in [4.69, 9.17) is 11.6 Å². The molecule has 4 heteroatoms. The Balaban J connectivity index is 2.06. The minimum atomic E-state index is -2.80. The molecule has 26 heavy (non-hydrogen) atoms. The van der Waals surface area contributed by atoms with Crippen LogP contribution in [0.1, 0.15) is 58.3 Å². The lowest BCUT2D eigenvalue weighted by molar-refractivity contribution is -0.174. The first-order chi connectivity index (χ1) is 14.5. The highest BCUT2D eigenvalue weighted by atomic mass is 16.5. The molecule has 1 aromatic carbocycles. The maximum absolute atomic E-state index is 12.9. The summed E-state index contributed by atoms with van der Waals surface area (Å²) in [6.07, 6.45) is 4.46. The number of aliphatic hydroxyl groups is 1. The molecular formula is C22H31NO3. The van der Waals surface area contributed by atoms with Crippen molar-refractivity contribution in [2.75, 3.05) is 26.2 Å². The van der Waals surface area contributed by atoms with Crippen LogP contribution in [-0.4, -0.2) is 42.2 Å². The standard InChI is InChI=1S/C22H31NO3/c1-3-23(4-2)17-11-12-18-26-21(24)22(25,19-13-7-5-8-14-19)20-15-9-6-10-16-20/h5,7-8,13-14,20,25H,3-4,6,9-10,15-18H2,1-2H3/t22-/m0/s1/i1D3,3D2. The molecular weight excluding hydrogens is 326 g/mol. The number of ether oxygens (including phenoxy) is 1. The first-order valence-electron chi connectivity index (χ1n) is 11.7. The summed E-state index contributed by atoms with van der Waals surface area (Å²) < 4.78 is 43.0. The summed E-state index contributed by atoms with van der Waals surface area (Å²) in [5.41, 5.74) is -1.24. The highest BCUT2D eigenvalue weighted by Gasteiger charge is 2.46. The van der Waals surface area contributed by atoms with Crippen molar-refractivity contribution >= 4 is 5.97 Å². The lowest BCUT2D eigenvalue weighted by Crippen LogP contribution is -2.45. The maximum atomic E-state index is 12.9. The third-order valence-corrected chi connectivity index (χ3v) is 4.93. The smallest absolute Gasteiger partial charge is 0.344 e. The van der Waals surface area contributed by atoms with Crippen molar-refractivity contribution in [1.82, 2.24) is 4.90 Å².